The van der Waals surface area contributed by atoms with Gasteiger partial charge in [-0.2, -0.15) is 5.10 Å². The number of para-hydroxylation sites is 2. The number of halogens is 1. The summed E-state index contributed by atoms with van der Waals surface area (Å²) in [7, 11) is 0. The van der Waals surface area contributed by atoms with E-state index in [1.54, 1.807) is 60.7 Å². The SMILES string of the molecule is O=C(Oc1cccc(/C=N\NC(=O)[C@H]2COc3ccccc3O2)c1)c1ccccc1Br. The largest absolute Gasteiger partial charge is 0.485 e. The van der Waals surface area contributed by atoms with Crippen LogP contribution in [-0.4, -0.2) is 30.8 Å². The number of benzene rings is 3. The molecule has 0 saturated carbocycles. The van der Waals surface area contributed by atoms with E-state index in [0.29, 0.717) is 32.8 Å². The van der Waals surface area contributed by atoms with Crippen LogP contribution in [0.2, 0.25) is 0 Å². The predicted octanol–water partition coefficient (Wildman–Crippen LogP) is 3.96. The summed E-state index contributed by atoms with van der Waals surface area (Å²) in [5.41, 5.74) is 3.50. The minimum atomic E-state index is -0.802. The van der Waals surface area contributed by atoms with Gasteiger partial charge in [-0.05, 0) is 57.9 Å². The highest BCUT2D eigenvalue weighted by Crippen LogP contribution is 2.30. The lowest BCUT2D eigenvalue weighted by Crippen LogP contribution is -2.42. The smallest absolute Gasteiger partial charge is 0.344 e. The second-order valence-electron chi connectivity index (χ2n) is 6.54. The van der Waals surface area contributed by atoms with Crippen LogP contribution in [0, 0.1) is 0 Å². The van der Waals surface area contributed by atoms with Crippen molar-refractivity contribution in [2.24, 2.45) is 5.10 Å². The van der Waals surface area contributed by atoms with E-state index in [2.05, 4.69) is 26.5 Å². The van der Waals surface area contributed by atoms with Crippen LogP contribution in [0.15, 0.2) is 82.4 Å². The zero-order valence-corrected chi connectivity index (χ0v) is 17.7. The van der Waals surface area contributed by atoms with Crippen LogP contribution in [0.25, 0.3) is 0 Å². The summed E-state index contributed by atoms with van der Waals surface area (Å²) in [6, 6.07) is 20.9. The van der Waals surface area contributed by atoms with Gasteiger partial charge in [0.05, 0.1) is 11.8 Å². The van der Waals surface area contributed by atoms with Crippen LogP contribution in [-0.2, 0) is 4.79 Å². The third-order valence-electron chi connectivity index (χ3n) is 4.35. The van der Waals surface area contributed by atoms with Crippen molar-refractivity contribution in [3.05, 3.63) is 88.4 Å². The van der Waals surface area contributed by atoms with Crippen molar-refractivity contribution < 1.29 is 23.8 Å². The Labute approximate surface area is 186 Å². The summed E-state index contributed by atoms with van der Waals surface area (Å²) in [4.78, 5) is 24.6. The molecule has 0 spiro atoms. The molecule has 1 atom stereocenters. The molecule has 0 radical (unpaired) electrons. The molecule has 3 aromatic rings. The molecule has 0 bridgehead atoms. The van der Waals surface area contributed by atoms with Crippen LogP contribution in [0.5, 0.6) is 17.2 Å². The van der Waals surface area contributed by atoms with Gasteiger partial charge in [0, 0.05) is 4.47 Å². The molecule has 1 heterocycles. The number of amides is 1. The van der Waals surface area contributed by atoms with E-state index in [0.717, 1.165) is 0 Å². The number of nitrogens with one attached hydrogen (secondary N) is 1. The number of rotatable bonds is 5. The number of fused-ring (bicyclic) bond motifs is 1. The molecular weight excluding hydrogens is 464 g/mol. The summed E-state index contributed by atoms with van der Waals surface area (Å²) in [5.74, 6) is 0.560. The molecule has 0 saturated heterocycles. The number of carbonyl (C=O) groups is 2. The molecule has 0 aromatic heterocycles. The Morgan fingerprint density at radius 1 is 1.03 bits per heavy atom. The van der Waals surface area contributed by atoms with Crippen LogP contribution < -0.4 is 19.6 Å². The molecule has 8 heteroatoms. The Morgan fingerprint density at radius 2 is 1.81 bits per heavy atom. The number of carbonyl (C=O) groups excluding carboxylic acids is 2. The lowest BCUT2D eigenvalue weighted by Gasteiger charge is -2.24. The Bertz CT molecular complexity index is 1150. The van der Waals surface area contributed by atoms with Gasteiger partial charge in [-0.15, -0.1) is 0 Å². The number of hydrogen-bond acceptors (Lipinski definition) is 6. The van der Waals surface area contributed by atoms with Gasteiger partial charge < -0.3 is 14.2 Å². The number of ether oxygens (including phenoxy) is 3. The Hall–Kier alpha value is -3.65. The minimum Gasteiger partial charge on any atom is -0.485 e. The van der Waals surface area contributed by atoms with Gasteiger partial charge in [-0.25, -0.2) is 10.2 Å². The molecule has 1 N–H and O–H groups in total. The second-order valence-corrected chi connectivity index (χ2v) is 7.39. The first-order chi connectivity index (χ1) is 15.1. The van der Waals surface area contributed by atoms with Gasteiger partial charge in [0.2, 0.25) is 6.10 Å². The number of hydrogen-bond donors (Lipinski definition) is 1. The van der Waals surface area contributed by atoms with Crippen molar-refractivity contribution in [3.8, 4) is 17.2 Å². The van der Waals surface area contributed by atoms with Gasteiger partial charge in [0.15, 0.2) is 11.5 Å². The van der Waals surface area contributed by atoms with Gasteiger partial charge in [0.25, 0.3) is 5.91 Å². The molecule has 156 valence electrons. The number of esters is 1. The van der Waals surface area contributed by atoms with Gasteiger partial charge in [0.1, 0.15) is 12.4 Å². The maximum Gasteiger partial charge on any atom is 0.344 e. The quantitative estimate of drug-likeness (QED) is 0.258. The molecule has 1 aliphatic heterocycles. The van der Waals surface area contributed by atoms with Gasteiger partial charge in [-0.3, -0.25) is 4.79 Å². The van der Waals surface area contributed by atoms with E-state index in [1.807, 2.05) is 12.1 Å². The van der Waals surface area contributed by atoms with Gasteiger partial charge >= 0.3 is 5.97 Å². The van der Waals surface area contributed by atoms with Crippen molar-refractivity contribution in [2.75, 3.05) is 6.61 Å². The summed E-state index contributed by atoms with van der Waals surface area (Å²) < 4.78 is 17.2. The van der Waals surface area contributed by atoms with Crippen molar-refractivity contribution in [2.45, 2.75) is 6.10 Å². The normalized spacial score (nSPS) is 14.8. The van der Waals surface area contributed by atoms with Crippen LogP contribution in [0.1, 0.15) is 15.9 Å². The Balaban J connectivity index is 1.35. The van der Waals surface area contributed by atoms with Crippen molar-refractivity contribution in [1.82, 2.24) is 5.43 Å². The summed E-state index contributed by atoms with van der Waals surface area (Å²) >= 11 is 3.33. The Morgan fingerprint density at radius 3 is 2.65 bits per heavy atom. The standard InChI is InChI=1S/C23H17BrN2O5/c24-18-9-2-1-8-17(18)23(28)30-16-7-5-6-15(12-16)13-25-26-22(27)21-14-29-19-10-3-4-11-20(19)31-21/h1-13,21H,14H2,(H,26,27)/b25-13-/t21-/m1/s1. The van der Waals surface area contributed by atoms with E-state index in [4.69, 9.17) is 14.2 Å². The second kappa shape index (κ2) is 9.44. The highest BCUT2D eigenvalue weighted by Gasteiger charge is 2.27. The van der Waals surface area contributed by atoms with E-state index in [-0.39, 0.29) is 6.61 Å². The first-order valence-electron chi connectivity index (χ1n) is 9.38. The zero-order chi connectivity index (χ0) is 21.6. The fraction of sp³-hybridized carbons (Fsp3) is 0.0870. The minimum absolute atomic E-state index is 0.0961. The third-order valence-corrected chi connectivity index (χ3v) is 5.04. The summed E-state index contributed by atoms with van der Waals surface area (Å²) in [6.07, 6.45) is 0.648. The molecular formula is C23H17BrN2O5. The molecule has 3 aromatic carbocycles. The van der Waals surface area contributed by atoms with Crippen LogP contribution in [0.3, 0.4) is 0 Å². The molecule has 0 fully saturated rings. The lowest BCUT2D eigenvalue weighted by atomic mass is 10.2. The zero-order valence-electron chi connectivity index (χ0n) is 16.2. The summed E-state index contributed by atoms with van der Waals surface area (Å²) in [5, 5.41) is 3.96. The molecule has 1 amide bonds. The van der Waals surface area contributed by atoms with E-state index in [1.165, 1.54) is 6.21 Å². The van der Waals surface area contributed by atoms with E-state index < -0.39 is 18.0 Å². The van der Waals surface area contributed by atoms with E-state index in [9.17, 15) is 9.59 Å². The average molecular weight is 481 g/mol. The highest BCUT2D eigenvalue weighted by molar-refractivity contribution is 9.10. The molecule has 1 aliphatic rings. The van der Waals surface area contributed by atoms with E-state index >= 15 is 0 Å². The highest BCUT2D eigenvalue weighted by atomic mass is 79.9. The fourth-order valence-electron chi connectivity index (χ4n) is 2.84. The number of hydrazone groups is 1. The topological polar surface area (TPSA) is 86.2 Å². The molecule has 4 rings (SSSR count). The van der Waals surface area contributed by atoms with Crippen molar-refractivity contribution in [1.29, 1.82) is 0 Å². The van der Waals surface area contributed by atoms with Crippen molar-refractivity contribution in [3.63, 3.8) is 0 Å². The first kappa shape index (κ1) is 20.6. The number of nitrogens with zero attached hydrogens (tertiary/aromatic N) is 1. The molecule has 31 heavy (non-hydrogen) atoms. The monoisotopic (exact) mass is 480 g/mol. The fourth-order valence-corrected chi connectivity index (χ4v) is 3.28. The lowest BCUT2D eigenvalue weighted by molar-refractivity contribution is -0.130. The molecule has 0 unspecified atom stereocenters. The van der Waals surface area contributed by atoms with Crippen LogP contribution in [0.4, 0.5) is 0 Å². The Kier molecular flexibility index (Phi) is 6.28. The first-order valence-corrected chi connectivity index (χ1v) is 10.2. The molecule has 7 nitrogen and oxygen atoms in total. The van der Waals surface area contributed by atoms with Crippen molar-refractivity contribution >= 4 is 34.0 Å². The average Bonchev–Trinajstić information content (AvgIpc) is 2.79. The molecule has 0 aliphatic carbocycles. The third kappa shape index (κ3) is 5.10. The maximum absolute atomic E-state index is 12.3. The summed E-state index contributed by atoms with van der Waals surface area (Å²) in [6.45, 7) is 0.0961. The van der Waals surface area contributed by atoms with Crippen LogP contribution >= 0.6 is 15.9 Å². The van der Waals surface area contributed by atoms with Gasteiger partial charge in [-0.1, -0.05) is 36.4 Å². The predicted molar refractivity (Wildman–Crippen MR) is 118 cm³/mol. The maximum atomic E-state index is 12.3.